The Morgan fingerprint density at radius 3 is 2.20 bits per heavy atom. The summed E-state index contributed by atoms with van der Waals surface area (Å²) in [4.78, 5) is 43.8. The monoisotopic (exact) mass is 835 g/mol. The van der Waals surface area contributed by atoms with Gasteiger partial charge in [0.2, 0.25) is 5.75 Å². The van der Waals surface area contributed by atoms with E-state index in [1.807, 2.05) is 42.5 Å². The molecule has 7 rings (SSSR count). The lowest BCUT2D eigenvalue weighted by Gasteiger charge is -2.52. The maximum absolute atomic E-state index is 13.5. The average Bonchev–Trinajstić information content (AvgIpc) is 3.68. The molecule has 14 heteroatoms. The van der Waals surface area contributed by atoms with E-state index in [1.165, 1.54) is 57.4 Å². The number of methoxy groups -OCH3 is 6. The van der Waals surface area contributed by atoms with Crippen molar-refractivity contribution in [1.82, 2.24) is 9.88 Å². The Morgan fingerprint density at radius 1 is 0.902 bits per heavy atom. The number of aromatic nitrogens is 1. The highest BCUT2D eigenvalue weighted by atomic mass is 16.6. The number of ether oxygens (including phenoxy) is 8. The highest BCUT2D eigenvalue weighted by Crippen LogP contribution is 2.51. The van der Waals surface area contributed by atoms with E-state index in [0.717, 1.165) is 48.8 Å². The number of esters is 3. The van der Waals surface area contributed by atoms with E-state index in [-0.39, 0.29) is 29.4 Å². The molecule has 4 aromatic rings. The number of hydrogen-bond donors (Lipinski definition) is 1. The second-order valence-corrected chi connectivity index (χ2v) is 14.4. The molecule has 1 saturated carbocycles. The quantitative estimate of drug-likeness (QED) is 0.0528. The van der Waals surface area contributed by atoms with E-state index in [2.05, 4.69) is 33.8 Å². The molecule has 1 saturated heterocycles. The molecule has 1 N–H and O–H groups in total. The van der Waals surface area contributed by atoms with Crippen molar-refractivity contribution in [2.24, 2.45) is 17.8 Å². The third kappa shape index (κ3) is 10.4. The van der Waals surface area contributed by atoms with Crippen LogP contribution in [0, 0.1) is 29.1 Å². The van der Waals surface area contributed by atoms with Crippen LogP contribution in [0.2, 0.25) is 0 Å². The molecule has 3 heterocycles. The molecular formula is C47H53N3O11. The molecule has 0 radical (unpaired) electrons. The number of nitriles is 1. The number of H-pyrrole nitrogens is 1. The van der Waals surface area contributed by atoms with Crippen LogP contribution in [0.4, 0.5) is 0 Å². The number of carbonyl (C=O) groups excluding carboxylic acids is 3. The minimum atomic E-state index is -0.670. The van der Waals surface area contributed by atoms with Gasteiger partial charge in [-0.05, 0) is 72.6 Å². The summed E-state index contributed by atoms with van der Waals surface area (Å²) < 4.78 is 43.8. The van der Waals surface area contributed by atoms with Crippen molar-refractivity contribution in [2.75, 3.05) is 55.7 Å². The average molecular weight is 836 g/mol. The van der Waals surface area contributed by atoms with Gasteiger partial charge in [0.05, 0.1) is 65.4 Å². The topological polar surface area (TPSA) is 168 Å². The van der Waals surface area contributed by atoms with Crippen LogP contribution in [0.25, 0.3) is 17.0 Å². The minimum Gasteiger partial charge on any atom is -0.497 e. The standard InChI is InChI=1S/C33H40N2O9.C11H10O2.C3H3N/c1-38-19-7-8-20-21-9-10-35-16-18-13-27(44-32(36)17-11-25(39-2)30(41-4)26(12-17)40-3)31(42-5)28(33(37)43-6)22(18)15-24(35)29(21)34-23(20)14-19;1-2-11(12)13-9-8-10-6-4-3-5-7-10;1-2-3-4/h7-8,11-12,14,18,22,24,27-28,31,34H,9-10,13,15-16H2,1-6H3;2-9H,1H2;2H,1H2/t18-,22+,24-,27-,28+,31+;;/m1../s1. The summed E-state index contributed by atoms with van der Waals surface area (Å²) in [5.41, 5.74) is 4.81. The molecule has 3 aromatic carbocycles. The van der Waals surface area contributed by atoms with Crippen LogP contribution in [-0.4, -0.2) is 95.7 Å². The smallest absolute Gasteiger partial charge is 0.338 e. The summed E-state index contributed by atoms with van der Waals surface area (Å²) in [7, 11) is 9.10. The molecular weight excluding hydrogens is 783 g/mol. The normalized spacial score (nSPS) is 21.2. The predicted molar refractivity (Wildman–Crippen MR) is 228 cm³/mol. The molecule has 14 nitrogen and oxygen atoms in total. The van der Waals surface area contributed by atoms with Gasteiger partial charge in [-0.15, -0.1) is 0 Å². The number of fused-ring (bicyclic) bond motifs is 6. The second-order valence-electron chi connectivity index (χ2n) is 14.4. The van der Waals surface area contributed by atoms with Gasteiger partial charge in [-0.25, -0.2) is 9.59 Å². The highest BCUT2D eigenvalue weighted by Gasteiger charge is 2.54. The van der Waals surface area contributed by atoms with Crippen LogP contribution in [0.1, 0.15) is 46.1 Å². The van der Waals surface area contributed by atoms with Gasteiger partial charge in [-0.1, -0.05) is 43.5 Å². The molecule has 1 aromatic heterocycles. The largest absolute Gasteiger partial charge is 0.497 e. The van der Waals surface area contributed by atoms with Crippen molar-refractivity contribution in [2.45, 2.75) is 37.5 Å². The zero-order valence-electron chi connectivity index (χ0n) is 35.4. The number of carbonyl (C=O) groups is 3. The number of aromatic amines is 1. The van der Waals surface area contributed by atoms with Gasteiger partial charge in [0, 0.05) is 55.0 Å². The Hall–Kier alpha value is -6.56. The van der Waals surface area contributed by atoms with E-state index in [0.29, 0.717) is 23.7 Å². The van der Waals surface area contributed by atoms with E-state index in [1.54, 1.807) is 38.5 Å². The minimum absolute atomic E-state index is 0.0170. The third-order valence-corrected chi connectivity index (χ3v) is 11.3. The van der Waals surface area contributed by atoms with Crippen molar-refractivity contribution >= 4 is 34.9 Å². The van der Waals surface area contributed by atoms with Crippen LogP contribution in [0.15, 0.2) is 92.2 Å². The van der Waals surface area contributed by atoms with E-state index in [9.17, 15) is 14.4 Å². The van der Waals surface area contributed by atoms with Gasteiger partial charge in [-0.3, -0.25) is 9.69 Å². The van der Waals surface area contributed by atoms with Gasteiger partial charge in [-0.2, -0.15) is 5.26 Å². The lowest BCUT2D eigenvalue weighted by Crippen LogP contribution is -2.58. The summed E-state index contributed by atoms with van der Waals surface area (Å²) in [6.45, 7) is 8.08. The fourth-order valence-electron chi connectivity index (χ4n) is 8.55. The predicted octanol–water partition coefficient (Wildman–Crippen LogP) is 7.25. The van der Waals surface area contributed by atoms with Gasteiger partial charge >= 0.3 is 17.9 Å². The van der Waals surface area contributed by atoms with Crippen LogP contribution in [0.5, 0.6) is 23.0 Å². The zero-order chi connectivity index (χ0) is 44.1. The molecule has 3 aliphatic rings. The SMILES string of the molecule is C=CC#N.C=CC(=O)OC=Cc1ccccc1.COC(=O)[C@H]1[C@H]2C[C@@H]3c4[nH]c5cc(OC)ccc5c4CCN3C[C@H]2C[C@@H](OC(=O)c2cc(OC)c(OC)c(OC)c2)[C@@H]1OC. The van der Waals surface area contributed by atoms with Crippen molar-refractivity contribution in [3.63, 3.8) is 0 Å². The van der Waals surface area contributed by atoms with E-state index in [4.69, 9.17) is 38.4 Å². The van der Waals surface area contributed by atoms with Gasteiger partial charge < -0.3 is 42.9 Å². The Morgan fingerprint density at radius 2 is 1.61 bits per heavy atom. The lowest BCUT2D eigenvalue weighted by atomic mass is 9.63. The number of rotatable bonds is 11. The molecule has 0 unspecified atom stereocenters. The first-order valence-electron chi connectivity index (χ1n) is 19.7. The Balaban J connectivity index is 0.000000347. The fourth-order valence-corrected chi connectivity index (χ4v) is 8.55. The Bertz CT molecular complexity index is 2220. The van der Waals surface area contributed by atoms with Crippen LogP contribution in [-0.2, 0) is 35.0 Å². The first-order chi connectivity index (χ1) is 29.6. The zero-order valence-corrected chi connectivity index (χ0v) is 35.4. The number of nitrogens with one attached hydrogen (secondary N) is 1. The summed E-state index contributed by atoms with van der Waals surface area (Å²) >= 11 is 0. The molecule has 0 amide bonds. The number of piperidine rings is 1. The molecule has 6 atom stereocenters. The van der Waals surface area contributed by atoms with E-state index < -0.39 is 30.1 Å². The van der Waals surface area contributed by atoms with Crippen molar-refractivity contribution in [1.29, 1.82) is 5.26 Å². The lowest BCUT2D eigenvalue weighted by molar-refractivity contribution is -0.176. The molecule has 1 aliphatic carbocycles. The summed E-state index contributed by atoms with van der Waals surface area (Å²) in [5, 5.41) is 8.72. The summed E-state index contributed by atoms with van der Waals surface area (Å²) in [6, 6.07) is 20.7. The number of allylic oxidation sites excluding steroid dienone is 1. The Labute approximate surface area is 356 Å². The summed E-state index contributed by atoms with van der Waals surface area (Å²) in [6.07, 6.45) is 6.28. The number of nitrogens with zero attached hydrogens (tertiary/aromatic N) is 2. The van der Waals surface area contributed by atoms with Gasteiger partial charge in [0.1, 0.15) is 18.0 Å². The van der Waals surface area contributed by atoms with Gasteiger partial charge in [0.15, 0.2) is 11.5 Å². The fraction of sp³-hybridized carbons (Fsp3) is 0.362. The Kier molecular flexibility index (Phi) is 16.1. The van der Waals surface area contributed by atoms with Crippen molar-refractivity contribution in [3.05, 3.63) is 115 Å². The molecule has 0 spiro atoms. The molecule has 322 valence electrons. The highest BCUT2D eigenvalue weighted by molar-refractivity contribution is 5.91. The third-order valence-electron chi connectivity index (χ3n) is 11.3. The maximum Gasteiger partial charge on any atom is 0.338 e. The van der Waals surface area contributed by atoms with Crippen LogP contribution in [0.3, 0.4) is 0 Å². The van der Waals surface area contributed by atoms with E-state index >= 15 is 0 Å². The van der Waals surface area contributed by atoms with Crippen LogP contribution < -0.4 is 18.9 Å². The molecule has 0 bridgehead atoms. The molecule has 61 heavy (non-hydrogen) atoms. The number of hydrogen-bond acceptors (Lipinski definition) is 13. The van der Waals surface area contributed by atoms with Gasteiger partial charge in [0.25, 0.3) is 0 Å². The molecule has 2 aliphatic heterocycles. The van der Waals surface area contributed by atoms with Crippen molar-refractivity contribution < 1.29 is 52.3 Å². The maximum atomic E-state index is 13.5. The molecule has 2 fully saturated rings. The summed E-state index contributed by atoms with van der Waals surface area (Å²) in [5.74, 6) is -0.0111. The number of benzene rings is 3. The second kappa shape index (κ2) is 21.6. The first-order valence-corrected chi connectivity index (χ1v) is 19.7. The first kappa shape index (κ1) is 45.5. The van der Waals surface area contributed by atoms with Crippen molar-refractivity contribution in [3.8, 4) is 29.1 Å². The van der Waals surface area contributed by atoms with Crippen LogP contribution >= 0.6 is 0 Å².